The van der Waals surface area contributed by atoms with Crippen molar-refractivity contribution in [3.63, 3.8) is 0 Å². The molecule has 2 nitrogen and oxygen atoms in total. The molecule has 0 heterocycles. The number of halogens is 2. The van der Waals surface area contributed by atoms with Gasteiger partial charge in [0.25, 0.3) is 0 Å². The molecule has 0 saturated carbocycles. The van der Waals surface area contributed by atoms with E-state index in [0.717, 1.165) is 12.1 Å². The topological polar surface area (TPSA) is 32.3 Å². The van der Waals surface area contributed by atoms with Gasteiger partial charge in [0.2, 0.25) is 0 Å². The predicted molar refractivity (Wildman–Crippen MR) is 55.7 cm³/mol. The molecule has 0 aliphatic heterocycles. The number of hydrogen-bond donors (Lipinski definition) is 2. The van der Waals surface area contributed by atoms with E-state index in [1.807, 2.05) is 13.8 Å². The maximum absolute atomic E-state index is 12.9. The number of anilines is 1. The van der Waals surface area contributed by atoms with Crippen molar-refractivity contribution < 1.29 is 13.9 Å². The highest BCUT2D eigenvalue weighted by molar-refractivity contribution is 5.44. The zero-order valence-corrected chi connectivity index (χ0v) is 8.80. The Bertz CT molecular complexity index is 328. The smallest absolute Gasteiger partial charge is 0.160 e. The van der Waals surface area contributed by atoms with Gasteiger partial charge < -0.3 is 10.4 Å². The average molecular weight is 215 g/mol. The quantitative estimate of drug-likeness (QED) is 0.808. The molecule has 1 atom stereocenters. The van der Waals surface area contributed by atoms with Gasteiger partial charge in [-0.05, 0) is 18.1 Å². The lowest BCUT2D eigenvalue weighted by Gasteiger charge is -2.21. The van der Waals surface area contributed by atoms with Crippen LogP contribution in [0.5, 0.6) is 0 Å². The Balaban J connectivity index is 2.75. The normalized spacial score (nSPS) is 12.9. The summed E-state index contributed by atoms with van der Waals surface area (Å²) in [6.45, 7) is 3.83. The third kappa shape index (κ3) is 3.16. The van der Waals surface area contributed by atoms with Gasteiger partial charge in [0.15, 0.2) is 11.6 Å². The van der Waals surface area contributed by atoms with Crippen molar-refractivity contribution in [2.24, 2.45) is 5.92 Å². The zero-order chi connectivity index (χ0) is 11.4. The highest BCUT2D eigenvalue weighted by atomic mass is 19.2. The van der Waals surface area contributed by atoms with Crippen LogP contribution in [0, 0.1) is 17.6 Å². The van der Waals surface area contributed by atoms with E-state index >= 15 is 0 Å². The van der Waals surface area contributed by atoms with E-state index in [0.29, 0.717) is 5.69 Å². The summed E-state index contributed by atoms with van der Waals surface area (Å²) in [5, 5.41) is 12.0. The number of rotatable bonds is 4. The largest absolute Gasteiger partial charge is 0.394 e. The van der Waals surface area contributed by atoms with Crippen LogP contribution in [0.2, 0.25) is 0 Å². The van der Waals surface area contributed by atoms with Crippen molar-refractivity contribution in [3.8, 4) is 0 Å². The number of nitrogens with one attached hydrogen (secondary N) is 1. The lowest BCUT2D eigenvalue weighted by atomic mass is 10.1. The molecule has 0 aliphatic carbocycles. The van der Waals surface area contributed by atoms with Gasteiger partial charge in [0, 0.05) is 11.8 Å². The summed E-state index contributed by atoms with van der Waals surface area (Å²) < 4.78 is 25.5. The molecule has 0 saturated heterocycles. The van der Waals surface area contributed by atoms with Crippen molar-refractivity contribution in [3.05, 3.63) is 29.8 Å². The minimum Gasteiger partial charge on any atom is -0.394 e. The average Bonchev–Trinajstić information content (AvgIpc) is 2.19. The standard InChI is InChI=1S/C11H15F2NO/c1-7(2)11(6-15)14-8-3-4-9(12)10(13)5-8/h3-5,7,11,14-15H,6H2,1-2H3. The summed E-state index contributed by atoms with van der Waals surface area (Å²) in [5.41, 5.74) is 0.474. The molecule has 15 heavy (non-hydrogen) atoms. The lowest BCUT2D eigenvalue weighted by molar-refractivity contribution is 0.249. The van der Waals surface area contributed by atoms with E-state index in [4.69, 9.17) is 5.11 Å². The molecular weight excluding hydrogens is 200 g/mol. The maximum atomic E-state index is 12.9. The highest BCUT2D eigenvalue weighted by Gasteiger charge is 2.12. The van der Waals surface area contributed by atoms with Crippen LogP contribution in [0.1, 0.15) is 13.8 Å². The van der Waals surface area contributed by atoms with E-state index in [2.05, 4.69) is 5.32 Å². The first kappa shape index (κ1) is 11.9. The van der Waals surface area contributed by atoms with Crippen LogP contribution in [0.3, 0.4) is 0 Å². The molecule has 0 spiro atoms. The third-order valence-corrected chi connectivity index (χ3v) is 2.27. The van der Waals surface area contributed by atoms with Gasteiger partial charge in [-0.25, -0.2) is 8.78 Å². The van der Waals surface area contributed by atoms with Gasteiger partial charge in [-0.15, -0.1) is 0 Å². The van der Waals surface area contributed by atoms with Crippen LogP contribution in [0.25, 0.3) is 0 Å². The Kier molecular flexibility index (Phi) is 4.03. The number of aliphatic hydroxyl groups is 1. The highest BCUT2D eigenvalue weighted by Crippen LogP contribution is 2.16. The molecule has 0 fully saturated rings. The summed E-state index contributed by atoms with van der Waals surface area (Å²) in [7, 11) is 0. The third-order valence-electron chi connectivity index (χ3n) is 2.27. The number of benzene rings is 1. The van der Waals surface area contributed by atoms with Crippen LogP contribution < -0.4 is 5.32 Å². The first-order valence-corrected chi connectivity index (χ1v) is 4.87. The molecule has 1 rings (SSSR count). The van der Waals surface area contributed by atoms with Crippen LogP contribution in [-0.2, 0) is 0 Å². The Labute approximate surface area is 87.9 Å². The molecule has 0 amide bonds. The van der Waals surface area contributed by atoms with Gasteiger partial charge in [-0.2, -0.15) is 0 Å². The van der Waals surface area contributed by atoms with Crippen molar-refractivity contribution >= 4 is 5.69 Å². The fraction of sp³-hybridized carbons (Fsp3) is 0.455. The summed E-state index contributed by atoms with van der Waals surface area (Å²) in [5.74, 6) is -1.55. The van der Waals surface area contributed by atoms with Crippen molar-refractivity contribution in [2.75, 3.05) is 11.9 Å². The lowest BCUT2D eigenvalue weighted by Crippen LogP contribution is -2.29. The second kappa shape index (κ2) is 5.07. The molecule has 0 radical (unpaired) electrons. The van der Waals surface area contributed by atoms with Gasteiger partial charge in [0.1, 0.15) is 0 Å². The van der Waals surface area contributed by atoms with Crippen molar-refractivity contribution in [1.29, 1.82) is 0 Å². The second-order valence-electron chi connectivity index (χ2n) is 3.81. The summed E-state index contributed by atoms with van der Waals surface area (Å²) in [4.78, 5) is 0. The van der Waals surface area contributed by atoms with Crippen molar-refractivity contribution in [2.45, 2.75) is 19.9 Å². The summed E-state index contributed by atoms with van der Waals surface area (Å²) in [6, 6.07) is 3.44. The second-order valence-corrected chi connectivity index (χ2v) is 3.81. The first-order chi connectivity index (χ1) is 7.04. The van der Waals surface area contributed by atoms with Gasteiger partial charge in [0.05, 0.1) is 12.6 Å². The molecular formula is C11H15F2NO. The number of hydrogen-bond acceptors (Lipinski definition) is 2. The maximum Gasteiger partial charge on any atom is 0.160 e. The predicted octanol–water partition coefficient (Wildman–Crippen LogP) is 2.39. The molecule has 84 valence electrons. The minimum atomic E-state index is -0.888. The minimum absolute atomic E-state index is 0.0450. The summed E-state index contributed by atoms with van der Waals surface area (Å²) >= 11 is 0. The molecule has 4 heteroatoms. The zero-order valence-electron chi connectivity index (χ0n) is 8.80. The molecule has 1 unspecified atom stereocenters. The molecule has 2 N–H and O–H groups in total. The SMILES string of the molecule is CC(C)C(CO)Nc1ccc(F)c(F)c1. The van der Waals surface area contributed by atoms with Gasteiger partial charge >= 0.3 is 0 Å². The van der Waals surface area contributed by atoms with E-state index in [1.54, 1.807) is 0 Å². The molecule has 0 aliphatic rings. The van der Waals surface area contributed by atoms with Crippen LogP contribution in [0.4, 0.5) is 14.5 Å². The van der Waals surface area contributed by atoms with Crippen LogP contribution in [-0.4, -0.2) is 17.8 Å². The first-order valence-electron chi connectivity index (χ1n) is 4.87. The fourth-order valence-electron chi connectivity index (χ4n) is 1.22. The van der Waals surface area contributed by atoms with E-state index in [-0.39, 0.29) is 18.6 Å². The molecule has 0 aromatic heterocycles. The Hall–Kier alpha value is -1.16. The van der Waals surface area contributed by atoms with Gasteiger partial charge in [-0.3, -0.25) is 0 Å². The van der Waals surface area contributed by atoms with E-state index < -0.39 is 11.6 Å². The Morgan fingerprint density at radius 3 is 2.40 bits per heavy atom. The monoisotopic (exact) mass is 215 g/mol. The van der Waals surface area contributed by atoms with E-state index in [9.17, 15) is 8.78 Å². The molecule has 1 aromatic rings. The van der Waals surface area contributed by atoms with Crippen LogP contribution in [0.15, 0.2) is 18.2 Å². The van der Waals surface area contributed by atoms with Crippen LogP contribution >= 0.6 is 0 Å². The van der Waals surface area contributed by atoms with Crippen molar-refractivity contribution in [1.82, 2.24) is 0 Å². The fourth-order valence-corrected chi connectivity index (χ4v) is 1.22. The molecule has 0 bridgehead atoms. The number of aliphatic hydroxyl groups excluding tert-OH is 1. The van der Waals surface area contributed by atoms with Gasteiger partial charge in [-0.1, -0.05) is 13.8 Å². The summed E-state index contributed by atoms with van der Waals surface area (Å²) in [6.07, 6.45) is 0. The Morgan fingerprint density at radius 1 is 1.27 bits per heavy atom. The molecule has 1 aromatic carbocycles. The Morgan fingerprint density at radius 2 is 1.93 bits per heavy atom. The van der Waals surface area contributed by atoms with E-state index in [1.165, 1.54) is 6.07 Å².